The van der Waals surface area contributed by atoms with E-state index in [1.165, 1.54) is 28.5 Å². The summed E-state index contributed by atoms with van der Waals surface area (Å²) in [6.45, 7) is 2.39. The number of hydrogen-bond acceptors (Lipinski definition) is 7. The van der Waals surface area contributed by atoms with Gasteiger partial charge in [0.15, 0.2) is 5.65 Å². The highest BCUT2D eigenvalue weighted by Gasteiger charge is 2.30. The van der Waals surface area contributed by atoms with E-state index >= 15 is 0 Å². The van der Waals surface area contributed by atoms with Crippen LogP contribution in [0.3, 0.4) is 0 Å². The van der Waals surface area contributed by atoms with Gasteiger partial charge in [-0.15, -0.1) is 0 Å². The van der Waals surface area contributed by atoms with Gasteiger partial charge in [-0.25, -0.2) is 14.6 Å². The Morgan fingerprint density at radius 1 is 1.16 bits per heavy atom. The normalized spacial score (nSPS) is 13.8. The molecule has 5 rings (SSSR count). The third-order valence-corrected chi connectivity index (χ3v) is 6.51. The van der Waals surface area contributed by atoms with Crippen LogP contribution in [0.5, 0.6) is 0 Å². The van der Waals surface area contributed by atoms with Gasteiger partial charge in [0.1, 0.15) is 23.1 Å². The number of ether oxygens (including phenoxy) is 1. The third kappa shape index (κ3) is 4.86. The number of esters is 1. The van der Waals surface area contributed by atoms with Gasteiger partial charge in [-0.1, -0.05) is 37.3 Å². The van der Waals surface area contributed by atoms with E-state index < -0.39 is 17.9 Å². The maximum Gasteiger partial charge on any atom is 0.333 e. The summed E-state index contributed by atoms with van der Waals surface area (Å²) in [7, 11) is 1.27. The molecule has 3 heterocycles. The second kappa shape index (κ2) is 10.4. The van der Waals surface area contributed by atoms with Crippen molar-refractivity contribution in [1.82, 2.24) is 29.4 Å². The first-order chi connectivity index (χ1) is 18.4. The average Bonchev–Trinajstić information content (AvgIpc) is 3.67. The van der Waals surface area contributed by atoms with Crippen LogP contribution in [0.1, 0.15) is 48.3 Å². The smallest absolute Gasteiger partial charge is 0.333 e. The van der Waals surface area contributed by atoms with Gasteiger partial charge in [-0.05, 0) is 37.0 Å². The van der Waals surface area contributed by atoms with E-state index in [0.717, 1.165) is 18.4 Å². The Bertz CT molecular complexity index is 1600. The van der Waals surface area contributed by atoms with Gasteiger partial charge < -0.3 is 15.0 Å². The molecule has 3 aromatic heterocycles. The Morgan fingerprint density at radius 2 is 1.92 bits per heavy atom. The number of nitrogens with one attached hydrogen (secondary N) is 2. The van der Waals surface area contributed by atoms with Gasteiger partial charge in [-0.2, -0.15) is 0 Å². The number of benzene rings is 1. The largest absolute Gasteiger partial charge is 0.467 e. The van der Waals surface area contributed by atoms with Crippen molar-refractivity contribution in [3.05, 3.63) is 80.8 Å². The summed E-state index contributed by atoms with van der Waals surface area (Å²) in [6, 6.07) is 11.5. The lowest BCUT2D eigenvalue weighted by Gasteiger charge is -2.16. The van der Waals surface area contributed by atoms with Crippen molar-refractivity contribution in [2.75, 3.05) is 7.11 Å². The first-order valence-electron chi connectivity index (χ1n) is 12.5. The lowest BCUT2D eigenvalue weighted by atomic mass is 10.1. The quantitative estimate of drug-likeness (QED) is 0.325. The molecule has 1 aliphatic rings. The zero-order valence-electron chi connectivity index (χ0n) is 21.1. The number of amides is 1. The molecule has 1 atom stereocenters. The molecular formula is C27H28N6O5. The minimum atomic E-state index is -0.879. The van der Waals surface area contributed by atoms with E-state index in [-0.39, 0.29) is 34.9 Å². The van der Waals surface area contributed by atoms with Crippen LogP contribution < -0.4 is 16.6 Å². The number of aryl methyl sites for hydroxylation is 1. The van der Waals surface area contributed by atoms with E-state index in [9.17, 15) is 19.2 Å². The number of imidazole rings is 1. The fraction of sp³-hybridized carbons (Fsp3) is 0.333. The summed E-state index contributed by atoms with van der Waals surface area (Å²) in [4.78, 5) is 63.1. The Morgan fingerprint density at radius 3 is 2.55 bits per heavy atom. The Hall–Kier alpha value is -4.54. The number of carbonyl (C=O) groups excluding carboxylic acids is 2. The number of rotatable bonds is 9. The van der Waals surface area contributed by atoms with Crippen molar-refractivity contribution < 1.29 is 14.3 Å². The highest BCUT2D eigenvalue weighted by atomic mass is 16.5. The molecule has 1 fully saturated rings. The van der Waals surface area contributed by atoms with Gasteiger partial charge in [0.2, 0.25) is 0 Å². The predicted molar refractivity (Wildman–Crippen MR) is 140 cm³/mol. The van der Waals surface area contributed by atoms with E-state index in [2.05, 4.69) is 20.3 Å². The maximum absolute atomic E-state index is 13.1. The average molecular weight is 517 g/mol. The number of fused-ring (bicyclic) bond motifs is 1. The van der Waals surface area contributed by atoms with E-state index in [1.807, 2.05) is 37.3 Å². The first kappa shape index (κ1) is 25.1. The number of nitrogens with zero attached hydrogens (tertiary/aromatic N) is 4. The van der Waals surface area contributed by atoms with Crippen LogP contribution in [0, 0.1) is 0 Å². The monoisotopic (exact) mass is 516 g/mol. The van der Waals surface area contributed by atoms with Gasteiger partial charge >= 0.3 is 11.7 Å². The summed E-state index contributed by atoms with van der Waals surface area (Å²) in [5.41, 5.74) is 1.37. The number of methoxy groups -OCH3 is 1. The predicted octanol–water partition coefficient (Wildman–Crippen LogP) is 2.21. The van der Waals surface area contributed by atoms with Gasteiger partial charge in [0.25, 0.3) is 11.5 Å². The second-order valence-corrected chi connectivity index (χ2v) is 9.30. The molecule has 1 aromatic carbocycles. The van der Waals surface area contributed by atoms with Crippen LogP contribution in [0.15, 0.2) is 58.3 Å². The number of hydrogen-bond donors (Lipinski definition) is 2. The number of carbonyl (C=O) groups is 2. The number of aromatic nitrogens is 5. The lowest BCUT2D eigenvalue weighted by Crippen LogP contribution is -2.43. The molecule has 0 saturated heterocycles. The highest BCUT2D eigenvalue weighted by molar-refractivity contribution is 5.95. The Kier molecular flexibility index (Phi) is 6.91. The minimum absolute atomic E-state index is 0.0653. The number of H-pyrrole nitrogens is 1. The molecule has 196 valence electrons. The third-order valence-electron chi connectivity index (χ3n) is 6.51. The summed E-state index contributed by atoms with van der Waals surface area (Å²) in [5.74, 6) is -0.724. The fourth-order valence-electron chi connectivity index (χ4n) is 4.44. The molecule has 0 spiro atoms. The molecule has 0 bridgehead atoms. The van der Waals surface area contributed by atoms with Crippen LogP contribution in [0.25, 0.3) is 22.6 Å². The first-order valence-corrected chi connectivity index (χ1v) is 12.5. The van der Waals surface area contributed by atoms with E-state index in [0.29, 0.717) is 30.0 Å². The molecular weight excluding hydrogens is 488 g/mol. The zero-order chi connectivity index (χ0) is 26.8. The molecule has 0 radical (unpaired) electrons. The van der Waals surface area contributed by atoms with Gasteiger partial charge in [0, 0.05) is 30.8 Å². The minimum Gasteiger partial charge on any atom is -0.467 e. The van der Waals surface area contributed by atoms with E-state index in [4.69, 9.17) is 4.74 Å². The second-order valence-electron chi connectivity index (χ2n) is 9.30. The van der Waals surface area contributed by atoms with Crippen molar-refractivity contribution in [2.45, 2.75) is 51.2 Å². The molecule has 4 aromatic rings. The van der Waals surface area contributed by atoms with Gasteiger partial charge in [0.05, 0.1) is 7.11 Å². The SMILES string of the molecule is CCCn1c(=O)n(C2CC2)c(=O)c2[nH]c(-c3ccc(C(=O)N[C@H](Cc4ccccc4)C(=O)OC)nc3)nc21. The molecule has 2 N–H and O–H groups in total. The molecule has 11 nitrogen and oxygen atoms in total. The molecule has 1 saturated carbocycles. The number of aromatic amines is 1. The molecule has 1 aliphatic carbocycles. The van der Waals surface area contributed by atoms with Crippen LogP contribution in [0.2, 0.25) is 0 Å². The van der Waals surface area contributed by atoms with Crippen molar-refractivity contribution in [3.8, 4) is 11.4 Å². The molecule has 1 amide bonds. The summed E-state index contributed by atoms with van der Waals surface area (Å²) >= 11 is 0. The lowest BCUT2D eigenvalue weighted by molar-refractivity contribution is -0.142. The summed E-state index contributed by atoms with van der Waals surface area (Å²) in [6.07, 6.45) is 4.06. The fourth-order valence-corrected chi connectivity index (χ4v) is 4.44. The van der Waals surface area contributed by atoms with Crippen LogP contribution in [-0.2, 0) is 22.5 Å². The van der Waals surface area contributed by atoms with Crippen molar-refractivity contribution >= 4 is 23.0 Å². The Balaban J connectivity index is 1.41. The maximum atomic E-state index is 13.1. The van der Waals surface area contributed by atoms with Crippen molar-refractivity contribution in [1.29, 1.82) is 0 Å². The molecule has 11 heteroatoms. The van der Waals surface area contributed by atoms with E-state index in [1.54, 1.807) is 6.07 Å². The topological polar surface area (TPSA) is 141 Å². The van der Waals surface area contributed by atoms with Crippen LogP contribution in [-0.4, -0.2) is 49.1 Å². The molecule has 0 aliphatic heterocycles. The van der Waals surface area contributed by atoms with Gasteiger partial charge in [-0.3, -0.25) is 23.7 Å². The summed E-state index contributed by atoms with van der Waals surface area (Å²) in [5, 5.41) is 2.69. The molecule has 0 unspecified atom stereocenters. The highest BCUT2D eigenvalue weighted by Crippen LogP contribution is 2.32. The van der Waals surface area contributed by atoms with Crippen LogP contribution >= 0.6 is 0 Å². The zero-order valence-corrected chi connectivity index (χ0v) is 21.1. The van der Waals surface area contributed by atoms with Crippen LogP contribution in [0.4, 0.5) is 0 Å². The summed E-state index contributed by atoms with van der Waals surface area (Å²) < 4.78 is 7.71. The number of pyridine rings is 1. The van der Waals surface area contributed by atoms with Crippen molar-refractivity contribution in [3.63, 3.8) is 0 Å². The van der Waals surface area contributed by atoms with Crippen molar-refractivity contribution in [2.24, 2.45) is 0 Å². The molecule has 38 heavy (non-hydrogen) atoms. The Labute approximate surface area is 217 Å². The standard InChI is InChI=1S/C27H28N6O5/c1-3-13-32-23-21(25(35)33(27(32)37)18-10-11-18)30-22(31-23)17-9-12-19(28-15-17)24(34)29-20(26(36)38-2)14-16-7-5-4-6-8-16/h4-9,12,15,18,20H,3,10-11,13-14H2,1-2H3,(H,29,34)(H,30,31)/t20-/m1/s1.